The molecule has 0 bridgehead atoms. The molecular formula is C14H19NO2. The maximum absolute atomic E-state index is 10.9. The Morgan fingerprint density at radius 2 is 2.06 bits per heavy atom. The lowest BCUT2D eigenvalue weighted by Crippen LogP contribution is -2.29. The zero-order valence-corrected chi connectivity index (χ0v) is 10.3. The summed E-state index contributed by atoms with van der Waals surface area (Å²) in [4.78, 5) is 13.4. The lowest BCUT2D eigenvalue weighted by atomic mass is 10.1. The molecule has 0 amide bonds. The van der Waals surface area contributed by atoms with E-state index >= 15 is 0 Å². The van der Waals surface area contributed by atoms with E-state index in [1.54, 1.807) is 7.11 Å². The first-order valence-corrected chi connectivity index (χ1v) is 6.18. The number of carbonyl (C=O) groups is 1. The number of aldehydes is 1. The third-order valence-corrected chi connectivity index (χ3v) is 3.28. The van der Waals surface area contributed by atoms with Crippen molar-refractivity contribution in [1.29, 1.82) is 0 Å². The van der Waals surface area contributed by atoms with Gasteiger partial charge in [0.25, 0.3) is 0 Å². The number of likely N-dealkylation sites (tertiary alicyclic amines) is 1. The van der Waals surface area contributed by atoms with Crippen LogP contribution in [0.4, 0.5) is 0 Å². The van der Waals surface area contributed by atoms with Gasteiger partial charge in [0.15, 0.2) is 6.29 Å². The fourth-order valence-corrected chi connectivity index (χ4v) is 2.35. The van der Waals surface area contributed by atoms with E-state index in [0.29, 0.717) is 11.3 Å². The molecule has 0 unspecified atom stereocenters. The average Bonchev–Trinajstić information content (AvgIpc) is 2.40. The van der Waals surface area contributed by atoms with Crippen molar-refractivity contribution in [3.05, 3.63) is 29.3 Å². The number of benzene rings is 1. The van der Waals surface area contributed by atoms with Crippen molar-refractivity contribution in [3.63, 3.8) is 0 Å². The highest BCUT2D eigenvalue weighted by atomic mass is 16.5. The molecule has 0 atom stereocenters. The van der Waals surface area contributed by atoms with Crippen molar-refractivity contribution < 1.29 is 9.53 Å². The molecule has 92 valence electrons. The summed E-state index contributed by atoms with van der Waals surface area (Å²) in [5.74, 6) is 0.655. The Labute approximate surface area is 102 Å². The molecule has 1 heterocycles. The molecule has 3 heteroatoms. The van der Waals surface area contributed by atoms with Crippen LogP contribution in [0.25, 0.3) is 0 Å². The number of piperidine rings is 1. The lowest BCUT2D eigenvalue weighted by Gasteiger charge is -2.26. The second-order valence-corrected chi connectivity index (χ2v) is 4.53. The van der Waals surface area contributed by atoms with E-state index in [0.717, 1.165) is 12.8 Å². The van der Waals surface area contributed by atoms with Crippen LogP contribution in [0.2, 0.25) is 0 Å². The molecule has 0 aliphatic carbocycles. The number of hydrogen-bond donors (Lipinski definition) is 0. The van der Waals surface area contributed by atoms with E-state index in [9.17, 15) is 4.79 Å². The monoisotopic (exact) mass is 233 g/mol. The highest BCUT2D eigenvalue weighted by Gasteiger charge is 2.11. The van der Waals surface area contributed by atoms with Crippen LogP contribution in [0.5, 0.6) is 5.75 Å². The summed E-state index contributed by atoms with van der Waals surface area (Å²) in [5.41, 5.74) is 1.83. The predicted octanol–water partition coefficient (Wildman–Crippen LogP) is 2.49. The quantitative estimate of drug-likeness (QED) is 0.748. The van der Waals surface area contributed by atoms with Gasteiger partial charge >= 0.3 is 0 Å². The summed E-state index contributed by atoms with van der Waals surface area (Å²) < 4.78 is 5.14. The zero-order chi connectivity index (χ0) is 12.1. The van der Waals surface area contributed by atoms with Gasteiger partial charge in [0, 0.05) is 6.54 Å². The Morgan fingerprint density at radius 3 is 2.71 bits per heavy atom. The van der Waals surface area contributed by atoms with Gasteiger partial charge in [0.05, 0.1) is 12.7 Å². The van der Waals surface area contributed by atoms with Crippen molar-refractivity contribution in [2.24, 2.45) is 0 Å². The van der Waals surface area contributed by atoms with Crippen molar-refractivity contribution in [3.8, 4) is 5.75 Å². The summed E-state index contributed by atoms with van der Waals surface area (Å²) in [6.45, 7) is 3.27. The SMILES string of the molecule is COc1ccc(CN2CCCCC2)cc1C=O. The molecule has 0 radical (unpaired) electrons. The summed E-state index contributed by atoms with van der Waals surface area (Å²) in [7, 11) is 1.59. The molecule has 1 aliphatic heterocycles. The van der Waals surface area contributed by atoms with Gasteiger partial charge in [-0.3, -0.25) is 9.69 Å². The molecular weight excluding hydrogens is 214 g/mol. The maximum atomic E-state index is 10.9. The van der Waals surface area contributed by atoms with E-state index in [1.807, 2.05) is 18.2 Å². The number of methoxy groups -OCH3 is 1. The predicted molar refractivity (Wildman–Crippen MR) is 67.5 cm³/mol. The van der Waals surface area contributed by atoms with Gasteiger partial charge < -0.3 is 4.74 Å². The van der Waals surface area contributed by atoms with Gasteiger partial charge in [-0.2, -0.15) is 0 Å². The second-order valence-electron chi connectivity index (χ2n) is 4.53. The fraction of sp³-hybridized carbons (Fsp3) is 0.500. The average molecular weight is 233 g/mol. The van der Waals surface area contributed by atoms with Gasteiger partial charge in [0.1, 0.15) is 5.75 Å². The van der Waals surface area contributed by atoms with E-state index in [4.69, 9.17) is 4.74 Å². The van der Waals surface area contributed by atoms with Gasteiger partial charge in [-0.05, 0) is 43.6 Å². The zero-order valence-electron chi connectivity index (χ0n) is 10.3. The Balaban J connectivity index is 2.07. The molecule has 17 heavy (non-hydrogen) atoms. The van der Waals surface area contributed by atoms with Crippen LogP contribution in [0.1, 0.15) is 35.2 Å². The summed E-state index contributed by atoms with van der Waals surface area (Å²) in [5, 5.41) is 0. The fourth-order valence-electron chi connectivity index (χ4n) is 2.35. The number of carbonyl (C=O) groups excluding carboxylic acids is 1. The van der Waals surface area contributed by atoms with E-state index in [1.165, 1.54) is 37.9 Å². The topological polar surface area (TPSA) is 29.5 Å². The largest absolute Gasteiger partial charge is 0.496 e. The van der Waals surface area contributed by atoms with Crippen molar-refractivity contribution in [2.75, 3.05) is 20.2 Å². The third-order valence-electron chi connectivity index (χ3n) is 3.28. The minimum absolute atomic E-state index is 0.641. The minimum atomic E-state index is 0.641. The molecule has 0 spiro atoms. The first-order valence-electron chi connectivity index (χ1n) is 6.18. The number of ether oxygens (including phenoxy) is 1. The normalized spacial score (nSPS) is 16.8. The molecule has 3 nitrogen and oxygen atoms in total. The molecule has 0 aromatic heterocycles. The van der Waals surface area contributed by atoms with E-state index in [-0.39, 0.29) is 0 Å². The number of hydrogen-bond acceptors (Lipinski definition) is 3. The summed E-state index contributed by atoms with van der Waals surface area (Å²) in [6, 6.07) is 5.85. The summed E-state index contributed by atoms with van der Waals surface area (Å²) >= 11 is 0. The van der Waals surface area contributed by atoms with Gasteiger partial charge in [-0.1, -0.05) is 12.5 Å². The lowest BCUT2D eigenvalue weighted by molar-refractivity contribution is 0.112. The van der Waals surface area contributed by atoms with Crippen molar-refractivity contribution in [2.45, 2.75) is 25.8 Å². The van der Waals surface area contributed by atoms with Crippen LogP contribution in [0.15, 0.2) is 18.2 Å². The van der Waals surface area contributed by atoms with Gasteiger partial charge in [-0.25, -0.2) is 0 Å². The third kappa shape index (κ3) is 3.07. The standard InChI is InChI=1S/C14H19NO2/c1-17-14-6-5-12(9-13(14)11-16)10-15-7-3-2-4-8-15/h5-6,9,11H,2-4,7-8,10H2,1H3. The van der Waals surface area contributed by atoms with E-state index in [2.05, 4.69) is 4.90 Å². The van der Waals surface area contributed by atoms with Gasteiger partial charge in [0.2, 0.25) is 0 Å². The molecule has 1 aromatic rings. The molecule has 1 fully saturated rings. The first kappa shape index (κ1) is 12.1. The van der Waals surface area contributed by atoms with Crippen LogP contribution in [0.3, 0.4) is 0 Å². The van der Waals surface area contributed by atoms with Crippen LogP contribution < -0.4 is 4.74 Å². The molecule has 0 saturated carbocycles. The molecule has 0 N–H and O–H groups in total. The highest BCUT2D eigenvalue weighted by Crippen LogP contribution is 2.20. The maximum Gasteiger partial charge on any atom is 0.153 e. The number of rotatable bonds is 4. The van der Waals surface area contributed by atoms with Crippen LogP contribution in [-0.2, 0) is 6.54 Å². The van der Waals surface area contributed by atoms with Crippen molar-refractivity contribution in [1.82, 2.24) is 4.90 Å². The summed E-state index contributed by atoms with van der Waals surface area (Å²) in [6.07, 6.45) is 4.78. The Bertz CT molecular complexity index is 384. The van der Waals surface area contributed by atoms with E-state index < -0.39 is 0 Å². The molecule has 1 aliphatic rings. The van der Waals surface area contributed by atoms with Crippen LogP contribution in [-0.4, -0.2) is 31.4 Å². The molecule has 1 aromatic carbocycles. The van der Waals surface area contributed by atoms with Crippen LogP contribution in [0, 0.1) is 0 Å². The highest BCUT2D eigenvalue weighted by molar-refractivity contribution is 5.79. The molecule has 2 rings (SSSR count). The molecule has 1 saturated heterocycles. The van der Waals surface area contributed by atoms with Crippen LogP contribution >= 0.6 is 0 Å². The Kier molecular flexibility index (Phi) is 4.15. The minimum Gasteiger partial charge on any atom is -0.496 e. The second kappa shape index (κ2) is 5.82. The Hall–Kier alpha value is -1.35. The first-order chi connectivity index (χ1) is 8.33. The number of nitrogens with zero attached hydrogens (tertiary/aromatic N) is 1. The Morgan fingerprint density at radius 1 is 1.29 bits per heavy atom. The van der Waals surface area contributed by atoms with Gasteiger partial charge in [-0.15, -0.1) is 0 Å². The van der Waals surface area contributed by atoms with Crippen molar-refractivity contribution >= 4 is 6.29 Å². The smallest absolute Gasteiger partial charge is 0.153 e.